The molecule has 4 nitrogen and oxygen atoms in total. The lowest BCUT2D eigenvalue weighted by atomic mass is 9.98. The van der Waals surface area contributed by atoms with E-state index in [1.165, 1.54) is 0 Å². The molecule has 0 radical (unpaired) electrons. The van der Waals surface area contributed by atoms with Gasteiger partial charge in [-0.2, -0.15) is 0 Å². The van der Waals surface area contributed by atoms with E-state index < -0.39 is 0 Å². The zero-order valence-corrected chi connectivity index (χ0v) is 29.0. The summed E-state index contributed by atoms with van der Waals surface area (Å²) in [6.45, 7) is 4.04. The number of hydrogen-bond acceptors (Lipinski definition) is 4. The molecular formula is C48H34N4. The number of allylic oxidation sites excluding steroid dienone is 2. The normalized spacial score (nSPS) is 11.9. The van der Waals surface area contributed by atoms with Crippen LogP contribution in [0.25, 0.3) is 101 Å². The number of benzene rings is 5. The lowest BCUT2D eigenvalue weighted by molar-refractivity contribution is 1.34. The van der Waals surface area contributed by atoms with Gasteiger partial charge < -0.3 is 0 Å². The third-order valence-electron chi connectivity index (χ3n) is 9.64. The summed E-state index contributed by atoms with van der Waals surface area (Å²) in [4.78, 5) is 20.6. The number of aromatic nitrogens is 4. The van der Waals surface area contributed by atoms with Gasteiger partial charge in [-0.25, -0.2) is 19.9 Å². The highest BCUT2D eigenvalue weighted by atomic mass is 14.8. The van der Waals surface area contributed by atoms with Crippen molar-refractivity contribution >= 4 is 55.8 Å². The van der Waals surface area contributed by atoms with Crippen molar-refractivity contribution in [2.45, 2.75) is 13.8 Å². The van der Waals surface area contributed by atoms with Crippen LogP contribution in [0.1, 0.15) is 25.2 Å². The van der Waals surface area contributed by atoms with Gasteiger partial charge in [-0.15, -0.1) is 0 Å². The summed E-state index contributed by atoms with van der Waals surface area (Å²) in [6, 6.07) is 51.0. The minimum atomic E-state index is 0.894. The largest absolute Gasteiger partial charge is 0.246 e. The summed E-state index contributed by atoms with van der Waals surface area (Å²) in [5, 5.41) is 4.30. The predicted molar refractivity (Wildman–Crippen MR) is 219 cm³/mol. The van der Waals surface area contributed by atoms with Crippen molar-refractivity contribution in [2.24, 2.45) is 0 Å². The molecule has 0 fully saturated rings. The molecule has 4 aromatic heterocycles. The summed E-state index contributed by atoms with van der Waals surface area (Å²) < 4.78 is 0. The van der Waals surface area contributed by atoms with Crippen molar-refractivity contribution in [2.75, 3.05) is 0 Å². The molecule has 4 heteroatoms. The fourth-order valence-corrected chi connectivity index (χ4v) is 7.14. The van der Waals surface area contributed by atoms with Crippen LogP contribution in [0.3, 0.4) is 0 Å². The van der Waals surface area contributed by atoms with Crippen LogP contribution in [0.5, 0.6) is 0 Å². The molecule has 52 heavy (non-hydrogen) atoms. The van der Waals surface area contributed by atoms with Gasteiger partial charge in [0.2, 0.25) is 0 Å². The van der Waals surface area contributed by atoms with Gasteiger partial charge in [0.25, 0.3) is 0 Å². The van der Waals surface area contributed by atoms with Gasteiger partial charge in [0.1, 0.15) is 0 Å². The molecule has 0 atom stereocenters. The van der Waals surface area contributed by atoms with Crippen LogP contribution in [0.15, 0.2) is 158 Å². The van der Waals surface area contributed by atoms with Crippen LogP contribution in [-0.4, -0.2) is 19.9 Å². The predicted octanol–water partition coefficient (Wildman–Crippen LogP) is 12.6. The molecule has 0 aliphatic heterocycles. The smallest absolute Gasteiger partial charge is 0.0978 e. The van der Waals surface area contributed by atoms with E-state index in [4.69, 9.17) is 19.9 Å². The van der Waals surface area contributed by atoms with Crippen molar-refractivity contribution in [3.05, 3.63) is 169 Å². The zero-order valence-electron chi connectivity index (χ0n) is 29.0. The molecule has 0 aliphatic rings. The fraction of sp³-hybridized carbons (Fsp3) is 0.0417. The number of pyridine rings is 4. The molecular weight excluding hydrogens is 633 g/mol. The molecule has 0 aliphatic carbocycles. The molecule has 0 saturated heterocycles. The molecule has 0 unspecified atom stereocenters. The average Bonchev–Trinajstić information content (AvgIpc) is 3.21. The number of rotatable bonds is 6. The zero-order chi connectivity index (χ0) is 35.0. The van der Waals surface area contributed by atoms with Crippen LogP contribution in [-0.2, 0) is 0 Å². The average molecular weight is 667 g/mol. The number of nitrogens with zero attached hydrogens (tertiary/aromatic N) is 4. The third-order valence-corrected chi connectivity index (χ3v) is 9.64. The van der Waals surface area contributed by atoms with Crippen LogP contribution >= 0.6 is 0 Å². The Labute approximate surface area is 302 Å². The maximum Gasteiger partial charge on any atom is 0.0978 e. The maximum absolute atomic E-state index is 5.23. The van der Waals surface area contributed by atoms with E-state index in [2.05, 4.69) is 146 Å². The monoisotopic (exact) mass is 666 g/mol. The first kappa shape index (κ1) is 31.2. The summed E-state index contributed by atoms with van der Waals surface area (Å²) in [7, 11) is 0. The molecule has 0 spiro atoms. The maximum atomic E-state index is 5.23. The molecule has 9 rings (SSSR count). The highest BCUT2D eigenvalue weighted by molar-refractivity contribution is 6.10. The van der Waals surface area contributed by atoms with E-state index in [-0.39, 0.29) is 0 Å². The number of fused-ring (bicyclic) bond motifs is 6. The minimum Gasteiger partial charge on any atom is -0.246 e. The Hall–Kier alpha value is -6.78. The fourth-order valence-electron chi connectivity index (χ4n) is 7.14. The first-order valence-electron chi connectivity index (χ1n) is 17.6. The lowest BCUT2D eigenvalue weighted by Gasteiger charge is -2.12. The summed E-state index contributed by atoms with van der Waals surface area (Å²) in [5.74, 6) is 0. The van der Waals surface area contributed by atoms with Gasteiger partial charge in [-0.3, -0.25) is 0 Å². The Morgan fingerprint density at radius 1 is 0.365 bits per heavy atom. The molecule has 0 N–H and O–H groups in total. The van der Waals surface area contributed by atoms with E-state index in [1.54, 1.807) is 0 Å². The standard InChI is InChI=1S/C48H34N4/c1-3-11-37-29-41(31-13-7-5-8-14-31)39-25-21-35-23-27-43(51-45(35)47(39)49-37)33-17-19-34(20-18-33)44-28-24-36-22-26-40-42(32-15-9-6-10-16-32)30-38(12-4-2)50-48(40)46(36)52-44/h3-30H,1-2H3/b11-3+,12-4+. The van der Waals surface area contributed by atoms with Gasteiger partial charge in [-0.1, -0.05) is 133 Å². The van der Waals surface area contributed by atoms with Gasteiger partial charge in [0.15, 0.2) is 0 Å². The molecule has 246 valence electrons. The second kappa shape index (κ2) is 13.2. The second-order valence-corrected chi connectivity index (χ2v) is 13.0. The van der Waals surface area contributed by atoms with Gasteiger partial charge in [0.05, 0.1) is 44.8 Å². The van der Waals surface area contributed by atoms with E-state index in [9.17, 15) is 0 Å². The van der Waals surface area contributed by atoms with Crippen molar-refractivity contribution in [1.82, 2.24) is 19.9 Å². The van der Waals surface area contributed by atoms with E-state index in [0.717, 1.165) is 99.8 Å². The minimum absolute atomic E-state index is 0.894. The molecule has 5 aromatic carbocycles. The van der Waals surface area contributed by atoms with Crippen molar-refractivity contribution in [1.29, 1.82) is 0 Å². The summed E-state index contributed by atoms with van der Waals surface area (Å²) in [6.07, 6.45) is 8.16. The van der Waals surface area contributed by atoms with E-state index in [1.807, 2.05) is 38.1 Å². The lowest BCUT2D eigenvalue weighted by Crippen LogP contribution is -1.94. The Kier molecular flexibility index (Phi) is 7.90. The van der Waals surface area contributed by atoms with Crippen LogP contribution in [0, 0.1) is 0 Å². The van der Waals surface area contributed by atoms with Crippen molar-refractivity contribution in [3.8, 4) is 44.8 Å². The van der Waals surface area contributed by atoms with E-state index >= 15 is 0 Å². The number of hydrogen-bond donors (Lipinski definition) is 0. The molecule has 4 heterocycles. The van der Waals surface area contributed by atoms with Gasteiger partial charge >= 0.3 is 0 Å². The Morgan fingerprint density at radius 3 is 1.17 bits per heavy atom. The Bertz CT molecular complexity index is 2640. The summed E-state index contributed by atoms with van der Waals surface area (Å²) >= 11 is 0. The Balaban J connectivity index is 1.13. The first-order valence-corrected chi connectivity index (χ1v) is 17.6. The van der Waals surface area contributed by atoms with Crippen LogP contribution in [0.2, 0.25) is 0 Å². The quantitative estimate of drug-likeness (QED) is 0.166. The first-order chi connectivity index (χ1) is 25.7. The highest BCUT2D eigenvalue weighted by Crippen LogP contribution is 2.36. The SMILES string of the molecule is C/C=C/c1cc(-c2ccccc2)c2ccc3ccc(-c4ccc(-c5ccc6ccc7c(-c8ccccc8)cc(/C=C/C)nc7c6n5)cc4)nc3c2n1. The van der Waals surface area contributed by atoms with Crippen LogP contribution < -0.4 is 0 Å². The third kappa shape index (κ3) is 5.61. The van der Waals surface area contributed by atoms with E-state index in [0.29, 0.717) is 0 Å². The van der Waals surface area contributed by atoms with Crippen molar-refractivity contribution < 1.29 is 0 Å². The molecule has 9 aromatic rings. The highest BCUT2D eigenvalue weighted by Gasteiger charge is 2.15. The molecule has 0 bridgehead atoms. The second-order valence-electron chi connectivity index (χ2n) is 13.0. The van der Waals surface area contributed by atoms with Gasteiger partial charge in [0, 0.05) is 32.7 Å². The topological polar surface area (TPSA) is 51.6 Å². The summed E-state index contributed by atoms with van der Waals surface area (Å²) in [5.41, 5.74) is 13.9. The van der Waals surface area contributed by atoms with Gasteiger partial charge in [-0.05, 0) is 72.5 Å². The molecule has 0 saturated carbocycles. The van der Waals surface area contributed by atoms with Crippen LogP contribution in [0.4, 0.5) is 0 Å². The molecule has 0 amide bonds. The Morgan fingerprint density at radius 2 is 0.769 bits per heavy atom. The van der Waals surface area contributed by atoms with Crippen molar-refractivity contribution in [3.63, 3.8) is 0 Å².